The Labute approximate surface area is 140 Å². The third-order valence-corrected chi connectivity index (χ3v) is 6.74. The van der Waals surface area contributed by atoms with Crippen LogP contribution in [0.4, 0.5) is 4.79 Å². The van der Waals surface area contributed by atoms with Crippen LogP contribution in [0.25, 0.3) is 0 Å². The molecule has 0 radical (unpaired) electrons. The predicted molar refractivity (Wildman–Crippen MR) is 90.1 cm³/mol. The first-order valence-corrected chi connectivity index (χ1v) is 9.64. The minimum atomic E-state index is -0.410. The number of alkyl carbamates (subject to hydrolysis) is 1. The van der Waals surface area contributed by atoms with Gasteiger partial charge in [0.15, 0.2) is 0 Å². The molecule has 0 aliphatic heterocycles. The summed E-state index contributed by atoms with van der Waals surface area (Å²) < 4.78 is 5.33. The molecule has 2 N–H and O–H groups in total. The topological polar surface area (TPSA) is 50.4 Å². The van der Waals surface area contributed by atoms with E-state index in [9.17, 15) is 4.79 Å². The molecule has 0 aromatic heterocycles. The number of carbonyl (C=O) groups is 1. The lowest BCUT2D eigenvalue weighted by Crippen LogP contribution is -2.56. The first-order valence-electron chi connectivity index (χ1n) is 9.64. The summed E-state index contributed by atoms with van der Waals surface area (Å²) in [6.07, 6.45) is 9.20. The molecule has 5 unspecified atom stereocenters. The number of nitrogens with one attached hydrogen (secondary N) is 2. The van der Waals surface area contributed by atoms with E-state index < -0.39 is 5.60 Å². The van der Waals surface area contributed by atoms with Crippen molar-refractivity contribution < 1.29 is 9.53 Å². The van der Waals surface area contributed by atoms with Gasteiger partial charge in [-0.2, -0.15) is 0 Å². The van der Waals surface area contributed by atoms with Gasteiger partial charge in [0.05, 0.1) is 0 Å². The highest BCUT2D eigenvalue weighted by Crippen LogP contribution is 2.58. The number of ether oxygens (including phenoxy) is 1. The van der Waals surface area contributed by atoms with Crippen molar-refractivity contribution >= 4 is 6.09 Å². The Balaban J connectivity index is 1.20. The maximum atomic E-state index is 11.8. The second-order valence-corrected chi connectivity index (χ2v) is 9.44. The van der Waals surface area contributed by atoms with Crippen LogP contribution in [0.2, 0.25) is 0 Å². The Kier molecular flexibility index (Phi) is 3.86. The largest absolute Gasteiger partial charge is 0.444 e. The van der Waals surface area contributed by atoms with Gasteiger partial charge in [-0.15, -0.1) is 0 Å². The van der Waals surface area contributed by atoms with Gasteiger partial charge in [0.25, 0.3) is 0 Å². The maximum absolute atomic E-state index is 11.8. The highest BCUT2D eigenvalue weighted by Gasteiger charge is 2.54. The molecule has 0 aromatic carbocycles. The molecule has 4 nitrogen and oxygen atoms in total. The molecular weight excluding hydrogens is 288 g/mol. The smallest absolute Gasteiger partial charge is 0.407 e. The van der Waals surface area contributed by atoms with Crippen molar-refractivity contribution in [3.05, 3.63) is 0 Å². The van der Waals surface area contributed by atoms with E-state index in [0.717, 1.165) is 42.6 Å². The molecule has 4 aliphatic rings. The second kappa shape index (κ2) is 5.65. The molecule has 1 amide bonds. The van der Waals surface area contributed by atoms with Crippen molar-refractivity contribution in [2.75, 3.05) is 0 Å². The summed E-state index contributed by atoms with van der Waals surface area (Å²) in [5.74, 6) is 4.06. The third-order valence-electron chi connectivity index (χ3n) is 6.74. The molecule has 0 saturated heterocycles. The number of amides is 1. The zero-order chi connectivity index (χ0) is 16.2. The van der Waals surface area contributed by atoms with Crippen LogP contribution in [-0.2, 0) is 4.74 Å². The summed E-state index contributed by atoms with van der Waals surface area (Å²) in [5, 5.41) is 6.92. The normalized spacial score (nSPS) is 44.7. The standard InChI is InChI=1S/C19H32N2O2/c1-19(2,3)23-18(22)21-13-9-12(10-13)20-17-8-11-7-16(17)15-6-4-5-14(11)15/h11-17,20H,4-10H2,1-3H3,(H,21,22). The number of hydrogen-bond donors (Lipinski definition) is 2. The fourth-order valence-electron chi connectivity index (χ4n) is 5.91. The summed E-state index contributed by atoms with van der Waals surface area (Å²) in [5.41, 5.74) is -0.410. The molecule has 4 rings (SSSR count). The van der Waals surface area contributed by atoms with E-state index in [1.807, 2.05) is 20.8 Å². The van der Waals surface area contributed by atoms with Crippen molar-refractivity contribution in [2.45, 2.75) is 89.4 Å². The lowest BCUT2D eigenvalue weighted by Gasteiger charge is -2.41. The average Bonchev–Trinajstić information content (AvgIpc) is 3.05. The van der Waals surface area contributed by atoms with Gasteiger partial charge in [-0.1, -0.05) is 6.42 Å². The molecule has 0 aromatic rings. The zero-order valence-corrected chi connectivity index (χ0v) is 14.8. The van der Waals surface area contributed by atoms with Gasteiger partial charge in [0, 0.05) is 18.1 Å². The SMILES string of the molecule is CC(C)(C)OC(=O)NC1CC(NC2CC3CC2C2CCCC32)C1. The van der Waals surface area contributed by atoms with Crippen molar-refractivity contribution in [3.8, 4) is 0 Å². The highest BCUT2D eigenvalue weighted by molar-refractivity contribution is 5.68. The molecular formula is C19H32N2O2. The number of carbonyl (C=O) groups excluding carboxylic acids is 1. The minimum Gasteiger partial charge on any atom is -0.444 e. The zero-order valence-electron chi connectivity index (χ0n) is 14.8. The monoisotopic (exact) mass is 320 g/mol. The van der Waals surface area contributed by atoms with Gasteiger partial charge >= 0.3 is 6.09 Å². The van der Waals surface area contributed by atoms with Gasteiger partial charge < -0.3 is 15.4 Å². The quantitative estimate of drug-likeness (QED) is 0.837. The Morgan fingerprint density at radius 2 is 1.70 bits per heavy atom. The van der Waals surface area contributed by atoms with Crippen LogP contribution in [0.3, 0.4) is 0 Å². The molecule has 5 atom stereocenters. The lowest BCUT2D eigenvalue weighted by atomic mass is 9.77. The molecule has 130 valence electrons. The first kappa shape index (κ1) is 15.7. The van der Waals surface area contributed by atoms with Crippen LogP contribution in [0.1, 0.15) is 65.7 Å². The van der Waals surface area contributed by atoms with E-state index in [2.05, 4.69) is 10.6 Å². The van der Waals surface area contributed by atoms with Crippen molar-refractivity contribution in [1.29, 1.82) is 0 Å². The molecule has 4 heteroatoms. The third kappa shape index (κ3) is 3.11. The van der Waals surface area contributed by atoms with Gasteiger partial charge in [-0.05, 0) is 83.0 Å². The van der Waals surface area contributed by atoms with E-state index >= 15 is 0 Å². The summed E-state index contributed by atoms with van der Waals surface area (Å²) in [6.45, 7) is 5.72. The van der Waals surface area contributed by atoms with Crippen molar-refractivity contribution in [3.63, 3.8) is 0 Å². The fourth-order valence-corrected chi connectivity index (χ4v) is 5.91. The summed E-state index contributed by atoms with van der Waals surface area (Å²) in [6, 6.07) is 1.64. The molecule has 2 bridgehead atoms. The molecule has 0 spiro atoms. The van der Waals surface area contributed by atoms with Gasteiger partial charge in [0.1, 0.15) is 5.60 Å². The van der Waals surface area contributed by atoms with Crippen LogP contribution in [0.5, 0.6) is 0 Å². The van der Waals surface area contributed by atoms with Crippen LogP contribution in [0, 0.1) is 23.7 Å². The summed E-state index contributed by atoms with van der Waals surface area (Å²) in [4.78, 5) is 11.8. The Hall–Kier alpha value is -0.770. The molecule has 4 aliphatic carbocycles. The van der Waals surface area contributed by atoms with Crippen LogP contribution >= 0.6 is 0 Å². The van der Waals surface area contributed by atoms with Crippen molar-refractivity contribution in [1.82, 2.24) is 10.6 Å². The fraction of sp³-hybridized carbons (Fsp3) is 0.947. The van der Waals surface area contributed by atoms with Crippen molar-refractivity contribution in [2.24, 2.45) is 23.7 Å². The lowest BCUT2D eigenvalue weighted by molar-refractivity contribution is 0.0458. The Bertz CT molecular complexity index is 466. The van der Waals surface area contributed by atoms with E-state index in [-0.39, 0.29) is 6.09 Å². The maximum Gasteiger partial charge on any atom is 0.407 e. The van der Waals surface area contributed by atoms with Gasteiger partial charge in [-0.25, -0.2) is 4.79 Å². The van der Waals surface area contributed by atoms with Crippen LogP contribution in [0.15, 0.2) is 0 Å². The van der Waals surface area contributed by atoms with E-state index in [1.54, 1.807) is 0 Å². The van der Waals surface area contributed by atoms with Gasteiger partial charge in [0.2, 0.25) is 0 Å². The predicted octanol–water partition coefficient (Wildman–Crippen LogP) is 3.46. The first-order chi connectivity index (χ1) is 10.9. The van der Waals surface area contributed by atoms with Crippen LogP contribution in [-0.4, -0.2) is 29.8 Å². The van der Waals surface area contributed by atoms with Gasteiger partial charge in [-0.3, -0.25) is 0 Å². The minimum absolute atomic E-state index is 0.269. The van der Waals surface area contributed by atoms with E-state index in [4.69, 9.17) is 4.74 Å². The molecule has 23 heavy (non-hydrogen) atoms. The highest BCUT2D eigenvalue weighted by atomic mass is 16.6. The molecule has 4 saturated carbocycles. The summed E-state index contributed by atoms with van der Waals surface area (Å²) in [7, 11) is 0. The summed E-state index contributed by atoms with van der Waals surface area (Å²) >= 11 is 0. The van der Waals surface area contributed by atoms with Crippen LogP contribution < -0.4 is 10.6 Å². The number of fused-ring (bicyclic) bond motifs is 5. The molecule has 4 fully saturated rings. The average molecular weight is 320 g/mol. The Morgan fingerprint density at radius 3 is 2.43 bits per heavy atom. The second-order valence-electron chi connectivity index (χ2n) is 9.44. The molecule has 0 heterocycles. The Morgan fingerprint density at radius 1 is 0.957 bits per heavy atom. The van der Waals surface area contributed by atoms with E-state index in [0.29, 0.717) is 12.1 Å². The van der Waals surface area contributed by atoms with E-state index in [1.165, 1.54) is 32.1 Å². The number of hydrogen-bond acceptors (Lipinski definition) is 3. The number of rotatable bonds is 3.